The molecule has 1 aliphatic rings. The number of hydrogen-bond acceptors (Lipinski definition) is 1. The van der Waals surface area contributed by atoms with Gasteiger partial charge < -0.3 is 4.74 Å². The maximum atomic E-state index is 5.48. The van der Waals surface area contributed by atoms with E-state index in [0.717, 1.165) is 30.4 Å². The Kier molecular flexibility index (Phi) is 6.88. The number of halogens is 1. The van der Waals surface area contributed by atoms with E-state index in [1.54, 1.807) is 0 Å². The van der Waals surface area contributed by atoms with Crippen LogP contribution in [0.15, 0.2) is 0 Å². The van der Waals surface area contributed by atoms with Gasteiger partial charge in [-0.1, -0.05) is 35.7 Å². The molecule has 84 valence electrons. The highest BCUT2D eigenvalue weighted by atomic mass is 79.9. The van der Waals surface area contributed by atoms with Crippen molar-refractivity contribution in [2.24, 2.45) is 5.92 Å². The van der Waals surface area contributed by atoms with Gasteiger partial charge in [0.15, 0.2) is 0 Å². The van der Waals surface area contributed by atoms with Crippen molar-refractivity contribution in [3.8, 4) is 0 Å². The lowest BCUT2D eigenvalue weighted by atomic mass is 10.0. The summed E-state index contributed by atoms with van der Waals surface area (Å²) in [6.45, 7) is 4.03. The molecule has 0 bridgehead atoms. The van der Waals surface area contributed by atoms with Crippen molar-refractivity contribution in [1.82, 2.24) is 0 Å². The lowest BCUT2D eigenvalue weighted by molar-refractivity contribution is 0.130. The smallest absolute Gasteiger partial charge is 0.0466 e. The molecule has 1 atom stereocenters. The van der Waals surface area contributed by atoms with E-state index in [1.807, 2.05) is 0 Å². The molecular weight excluding hydrogens is 240 g/mol. The molecule has 2 heteroatoms. The van der Waals surface area contributed by atoms with E-state index in [9.17, 15) is 0 Å². The maximum absolute atomic E-state index is 5.48. The molecule has 0 saturated heterocycles. The zero-order valence-corrected chi connectivity index (χ0v) is 10.9. The van der Waals surface area contributed by atoms with Crippen LogP contribution in [-0.2, 0) is 4.74 Å². The summed E-state index contributed by atoms with van der Waals surface area (Å²) in [5.74, 6) is 0.946. The van der Waals surface area contributed by atoms with Gasteiger partial charge >= 0.3 is 0 Å². The summed E-state index contributed by atoms with van der Waals surface area (Å²) in [5, 5.41) is 0. The number of hydrogen-bond donors (Lipinski definition) is 0. The molecular formula is C12H23BrO. The molecule has 0 amide bonds. The average molecular weight is 263 g/mol. The summed E-state index contributed by atoms with van der Waals surface area (Å²) in [5.41, 5.74) is 0. The van der Waals surface area contributed by atoms with E-state index >= 15 is 0 Å². The number of rotatable bonds is 7. The van der Waals surface area contributed by atoms with Gasteiger partial charge in [0.2, 0.25) is 0 Å². The van der Waals surface area contributed by atoms with Crippen molar-refractivity contribution in [2.45, 2.75) is 56.7 Å². The molecule has 0 radical (unpaired) electrons. The highest BCUT2D eigenvalue weighted by molar-refractivity contribution is 9.09. The first-order valence-corrected chi connectivity index (χ1v) is 6.98. The summed E-state index contributed by atoms with van der Waals surface area (Å²) in [6.07, 6.45) is 9.40. The van der Waals surface area contributed by atoms with E-state index in [2.05, 4.69) is 22.9 Å². The molecule has 1 fully saturated rings. The van der Waals surface area contributed by atoms with Gasteiger partial charge in [0.25, 0.3) is 0 Å². The zero-order chi connectivity index (χ0) is 10.2. The molecule has 0 N–H and O–H groups in total. The van der Waals surface area contributed by atoms with Crippen molar-refractivity contribution in [1.29, 1.82) is 0 Å². The van der Waals surface area contributed by atoms with Gasteiger partial charge in [-0.2, -0.15) is 0 Å². The molecule has 0 spiro atoms. The Balaban J connectivity index is 1.94. The second kappa shape index (κ2) is 7.70. The third kappa shape index (κ3) is 4.79. The molecule has 0 aliphatic heterocycles. The predicted octanol–water partition coefficient (Wildman–Crippen LogP) is 4.15. The van der Waals surface area contributed by atoms with Crippen molar-refractivity contribution >= 4 is 15.9 Å². The van der Waals surface area contributed by atoms with Crippen LogP contribution in [0.2, 0.25) is 0 Å². The fourth-order valence-electron chi connectivity index (χ4n) is 2.18. The SMILES string of the molecule is CCCOCCCC(Br)C1CCCC1. The molecule has 1 aliphatic carbocycles. The van der Waals surface area contributed by atoms with Crippen LogP contribution in [-0.4, -0.2) is 18.0 Å². The van der Waals surface area contributed by atoms with Crippen LogP contribution in [0.4, 0.5) is 0 Å². The number of ether oxygens (including phenoxy) is 1. The average Bonchev–Trinajstić information content (AvgIpc) is 2.70. The maximum Gasteiger partial charge on any atom is 0.0466 e. The van der Waals surface area contributed by atoms with Gasteiger partial charge in [-0.3, -0.25) is 0 Å². The van der Waals surface area contributed by atoms with Crippen LogP contribution < -0.4 is 0 Å². The first-order chi connectivity index (χ1) is 6.84. The van der Waals surface area contributed by atoms with Gasteiger partial charge in [0.1, 0.15) is 0 Å². The quantitative estimate of drug-likeness (QED) is 0.495. The molecule has 1 rings (SSSR count). The first kappa shape index (κ1) is 12.5. The Morgan fingerprint density at radius 2 is 2.00 bits per heavy atom. The standard InChI is InChI=1S/C12H23BrO/c1-2-9-14-10-5-8-12(13)11-6-3-4-7-11/h11-12H,2-10H2,1H3. The van der Waals surface area contributed by atoms with Crippen molar-refractivity contribution in [3.05, 3.63) is 0 Å². The van der Waals surface area contributed by atoms with Crippen LogP contribution in [0.25, 0.3) is 0 Å². The fourth-order valence-corrected chi connectivity index (χ4v) is 3.03. The lowest BCUT2D eigenvalue weighted by Crippen LogP contribution is -2.11. The van der Waals surface area contributed by atoms with Crippen molar-refractivity contribution in [2.75, 3.05) is 13.2 Å². The third-order valence-electron chi connectivity index (χ3n) is 3.03. The Hall–Kier alpha value is 0.440. The van der Waals surface area contributed by atoms with E-state index in [1.165, 1.54) is 38.5 Å². The molecule has 0 heterocycles. The largest absolute Gasteiger partial charge is 0.381 e. The second-order valence-corrected chi connectivity index (χ2v) is 5.49. The van der Waals surface area contributed by atoms with Gasteiger partial charge in [-0.25, -0.2) is 0 Å². The minimum absolute atomic E-state index is 0.746. The van der Waals surface area contributed by atoms with E-state index in [-0.39, 0.29) is 0 Å². The molecule has 1 saturated carbocycles. The van der Waals surface area contributed by atoms with E-state index < -0.39 is 0 Å². The molecule has 1 nitrogen and oxygen atoms in total. The third-order valence-corrected chi connectivity index (χ3v) is 4.23. The van der Waals surface area contributed by atoms with E-state index in [4.69, 9.17) is 4.74 Å². The topological polar surface area (TPSA) is 9.23 Å². The summed E-state index contributed by atoms with van der Waals surface area (Å²) >= 11 is 3.82. The van der Waals surface area contributed by atoms with Crippen molar-refractivity contribution in [3.63, 3.8) is 0 Å². The van der Waals surface area contributed by atoms with Crippen LogP contribution in [0, 0.1) is 5.92 Å². The Morgan fingerprint density at radius 3 is 2.64 bits per heavy atom. The summed E-state index contributed by atoms with van der Waals surface area (Å²) < 4.78 is 5.48. The monoisotopic (exact) mass is 262 g/mol. The summed E-state index contributed by atoms with van der Waals surface area (Å²) in [4.78, 5) is 0.746. The summed E-state index contributed by atoms with van der Waals surface area (Å²) in [7, 11) is 0. The van der Waals surface area contributed by atoms with Gasteiger partial charge in [-0.05, 0) is 38.0 Å². The molecule has 0 aromatic carbocycles. The molecule has 0 aromatic heterocycles. The van der Waals surface area contributed by atoms with Gasteiger partial charge in [-0.15, -0.1) is 0 Å². The van der Waals surface area contributed by atoms with Gasteiger partial charge in [0, 0.05) is 18.0 Å². The minimum Gasteiger partial charge on any atom is -0.381 e. The Labute approximate surface area is 96.7 Å². The van der Waals surface area contributed by atoms with Crippen LogP contribution in [0.5, 0.6) is 0 Å². The van der Waals surface area contributed by atoms with Crippen LogP contribution >= 0.6 is 15.9 Å². The lowest BCUT2D eigenvalue weighted by Gasteiger charge is -2.16. The van der Waals surface area contributed by atoms with E-state index in [0.29, 0.717) is 0 Å². The van der Waals surface area contributed by atoms with Crippen LogP contribution in [0.3, 0.4) is 0 Å². The zero-order valence-electron chi connectivity index (χ0n) is 9.30. The second-order valence-electron chi connectivity index (χ2n) is 4.32. The van der Waals surface area contributed by atoms with Crippen LogP contribution in [0.1, 0.15) is 51.9 Å². The summed E-state index contributed by atoms with van der Waals surface area (Å²) in [6, 6.07) is 0. The number of alkyl halides is 1. The highest BCUT2D eigenvalue weighted by Crippen LogP contribution is 2.33. The fraction of sp³-hybridized carbons (Fsp3) is 1.00. The molecule has 1 unspecified atom stereocenters. The minimum atomic E-state index is 0.746. The Morgan fingerprint density at radius 1 is 1.29 bits per heavy atom. The highest BCUT2D eigenvalue weighted by Gasteiger charge is 2.22. The van der Waals surface area contributed by atoms with Crippen molar-refractivity contribution < 1.29 is 4.74 Å². The normalized spacial score (nSPS) is 20.1. The molecule has 14 heavy (non-hydrogen) atoms. The Bertz CT molecular complexity index is 132. The molecule has 0 aromatic rings. The predicted molar refractivity (Wildman–Crippen MR) is 65.0 cm³/mol. The van der Waals surface area contributed by atoms with Gasteiger partial charge in [0.05, 0.1) is 0 Å². The first-order valence-electron chi connectivity index (χ1n) is 6.06.